The lowest BCUT2D eigenvalue weighted by Crippen LogP contribution is -2.22. The first-order chi connectivity index (χ1) is 9.53. The Morgan fingerprint density at radius 2 is 2.25 bits per heavy atom. The third kappa shape index (κ3) is 3.42. The van der Waals surface area contributed by atoms with Crippen molar-refractivity contribution in [2.24, 2.45) is 0 Å². The normalized spacial score (nSPS) is 15.8. The highest BCUT2D eigenvalue weighted by Crippen LogP contribution is 2.39. The average Bonchev–Trinajstić information content (AvgIpc) is 2.93. The number of aliphatic hydroxyl groups is 1. The molecule has 0 unspecified atom stereocenters. The molecule has 0 bridgehead atoms. The number of nitrogens with zero attached hydrogens (tertiary/aromatic N) is 3. The summed E-state index contributed by atoms with van der Waals surface area (Å²) in [5, 5.41) is 21.6. The molecule has 1 aliphatic rings. The second kappa shape index (κ2) is 5.50. The zero-order chi connectivity index (χ0) is 14.2. The molecule has 0 spiro atoms. The molecule has 0 amide bonds. The summed E-state index contributed by atoms with van der Waals surface area (Å²) in [6.07, 6.45) is 3.28. The van der Waals surface area contributed by atoms with Gasteiger partial charge < -0.3 is 9.67 Å². The highest BCUT2D eigenvalue weighted by atomic mass is 32.2. The Labute approximate surface area is 127 Å². The minimum atomic E-state index is -0.682. The van der Waals surface area contributed by atoms with Crippen molar-refractivity contribution in [3.05, 3.63) is 28.2 Å². The van der Waals surface area contributed by atoms with Crippen molar-refractivity contribution in [2.75, 3.05) is 5.75 Å². The van der Waals surface area contributed by atoms with E-state index in [0.717, 1.165) is 17.4 Å². The number of aromatic nitrogens is 3. The van der Waals surface area contributed by atoms with Gasteiger partial charge in [-0.1, -0.05) is 17.8 Å². The molecular weight excluding hydrogens is 290 g/mol. The van der Waals surface area contributed by atoms with E-state index >= 15 is 0 Å². The van der Waals surface area contributed by atoms with Crippen LogP contribution in [0.2, 0.25) is 0 Å². The summed E-state index contributed by atoms with van der Waals surface area (Å²) in [4.78, 5) is 1.32. The van der Waals surface area contributed by atoms with Gasteiger partial charge >= 0.3 is 0 Å². The molecule has 0 aromatic carbocycles. The third-order valence-electron chi connectivity index (χ3n) is 3.11. The molecule has 0 radical (unpaired) electrons. The van der Waals surface area contributed by atoms with Crippen LogP contribution in [0.4, 0.5) is 0 Å². The lowest BCUT2D eigenvalue weighted by molar-refractivity contribution is 0.107. The van der Waals surface area contributed by atoms with Gasteiger partial charge in [0.2, 0.25) is 0 Å². The lowest BCUT2D eigenvalue weighted by atomic mass is 10.2. The maximum absolute atomic E-state index is 9.86. The van der Waals surface area contributed by atoms with E-state index in [4.69, 9.17) is 0 Å². The smallest absolute Gasteiger partial charge is 0.191 e. The Bertz CT molecular complexity index is 568. The average molecular weight is 309 g/mol. The summed E-state index contributed by atoms with van der Waals surface area (Å²) in [6, 6.07) is 4.77. The summed E-state index contributed by atoms with van der Waals surface area (Å²) in [6.45, 7) is 3.65. The third-order valence-corrected chi connectivity index (χ3v) is 5.38. The van der Waals surface area contributed by atoms with Gasteiger partial charge in [-0.15, -0.1) is 21.5 Å². The minimum Gasteiger partial charge on any atom is -0.390 e. The summed E-state index contributed by atoms with van der Waals surface area (Å²) in [5.41, 5.74) is -0.682. The molecule has 2 aromatic heterocycles. The Morgan fingerprint density at radius 3 is 2.85 bits per heavy atom. The van der Waals surface area contributed by atoms with Gasteiger partial charge in [-0.3, -0.25) is 0 Å². The van der Waals surface area contributed by atoms with E-state index in [1.807, 2.05) is 13.8 Å². The Morgan fingerprint density at radius 1 is 1.45 bits per heavy atom. The Balaban J connectivity index is 1.79. The Hall–Kier alpha value is -0.850. The van der Waals surface area contributed by atoms with Crippen LogP contribution in [0, 0.1) is 0 Å². The largest absolute Gasteiger partial charge is 0.390 e. The highest BCUT2D eigenvalue weighted by molar-refractivity contribution is 7.99. The molecule has 20 heavy (non-hydrogen) atoms. The molecule has 1 fully saturated rings. The molecule has 2 aromatic rings. The van der Waals surface area contributed by atoms with Gasteiger partial charge in [-0.05, 0) is 38.1 Å². The number of thiophene rings is 1. The van der Waals surface area contributed by atoms with E-state index < -0.39 is 5.60 Å². The second-order valence-electron chi connectivity index (χ2n) is 5.86. The fourth-order valence-corrected chi connectivity index (χ4v) is 3.71. The van der Waals surface area contributed by atoms with Crippen LogP contribution in [0.25, 0.3) is 0 Å². The van der Waals surface area contributed by atoms with Crippen molar-refractivity contribution >= 4 is 23.1 Å². The molecule has 0 aliphatic heterocycles. The molecule has 0 atom stereocenters. The Kier molecular flexibility index (Phi) is 3.88. The predicted molar refractivity (Wildman–Crippen MR) is 82.4 cm³/mol. The van der Waals surface area contributed by atoms with Crippen LogP contribution >= 0.6 is 23.1 Å². The van der Waals surface area contributed by atoms with E-state index in [0.29, 0.717) is 11.8 Å². The summed E-state index contributed by atoms with van der Waals surface area (Å²) >= 11 is 3.36. The van der Waals surface area contributed by atoms with Gasteiger partial charge in [0.15, 0.2) is 5.16 Å². The van der Waals surface area contributed by atoms with Gasteiger partial charge in [0, 0.05) is 23.1 Å². The molecule has 3 rings (SSSR count). The lowest BCUT2D eigenvalue weighted by Gasteiger charge is -2.16. The zero-order valence-corrected chi connectivity index (χ0v) is 13.4. The van der Waals surface area contributed by atoms with Gasteiger partial charge in [-0.25, -0.2) is 0 Å². The molecule has 1 N–H and O–H groups in total. The quantitative estimate of drug-likeness (QED) is 0.833. The van der Waals surface area contributed by atoms with E-state index in [1.165, 1.54) is 17.7 Å². The van der Waals surface area contributed by atoms with Crippen LogP contribution in [-0.4, -0.2) is 31.2 Å². The number of rotatable bonds is 6. The molecule has 6 heteroatoms. The molecule has 1 aliphatic carbocycles. The van der Waals surface area contributed by atoms with Gasteiger partial charge in [0.25, 0.3) is 0 Å². The van der Waals surface area contributed by atoms with Gasteiger partial charge in [0.1, 0.15) is 5.82 Å². The SMILES string of the molecule is CC(C)(O)CSc1nnc(Cc2cccs2)n1C1CC1. The van der Waals surface area contributed by atoms with E-state index in [2.05, 4.69) is 32.3 Å². The van der Waals surface area contributed by atoms with Crippen molar-refractivity contribution < 1.29 is 5.11 Å². The van der Waals surface area contributed by atoms with Crippen molar-refractivity contribution in [3.63, 3.8) is 0 Å². The molecule has 4 nitrogen and oxygen atoms in total. The van der Waals surface area contributed by atoms with Crippen LogP contribution in [0.1, 0.15) is 43.4 Å². The molecule has 0 saturated heterocycles. The van der Waals surface area contributed by atoms with Crippen molar-refractivity contribution in [1.82, 2.24) is 14.8 Å². The maximum atomic E-state index is 9.86. The molecule has 108 valence electrons. The standard InChI is InChI=1S/C14H19N3OS2/c1-14(2,18)9-20-13-16-15-12(17(13)10-5-6-10)8-11-4-3-7-19-11/h3-4,7,10,18H,5-6,8-9H2,1-2H3. The first-order valence-corrected chi connectivity index (χ1v) is 8.71. The highest BCUT2D eigenvalue weighted by Gasteiger charge is 2.30. The molecular formula is C14H19N3OS2. The number of hydrogen-bond acceptors (Lipinski definition) is 5. The minimum absolute atomic E-state index is 0.560. The van der Waals surface area contributed by atoms with Crippen LogP contribution in [-0.2, 0) is 6.42 Å². The topological polar surface area (TPSA) is 50.9 Å². The van der Waals surface area contributed by atoms with Gasteiger partial charge in [0.05, 0.1) is 5.60 Å². The number of hydrogen-bond donors (Lipinski definition) is 1. The first kappa shape index (κ1) is 14.1. The monoisotopic (exact) mass is 309 g/mol. The summed E-state index contributed by atoms with van der Waals surface area (Å²) < 4.78 is 2.27. The van der Waals surface area contributed by atoms with E-state index in [1.54, 1.807) is 23.1 Å². The van der Waals surface area contributed by atoms with Crippen LogP contribution in [0.5, 0.6) is 0 Å². The van der Waals surface area contributed by atoms with E-state index in [-0.39, 0.29) is 0 Å². The molecule has 1 saturated carbocycles. The van der Waals surface area contributed by atoms with Crippen LogP contribution < -0.4 is 0 Å². The van der Waals surface area contributed by atoms with Gasteiger partial charge in [-0.2, -0.15) is 0 Å². The zero-order valence-electron chi connectivity index (χ0n) is 11.7. The fraction of sp³-hybridized carbons (Fsp3) is 0.571. The van der Waals surface area contributed by atoms with Crippen molar-refractivity contribution in [2.45, 2.75) is 49.9 Å². The van der Waals surface area contributed by atoms with E-state index in [9.17, 15) is 5.11 Å². The summed E-state index contributed by atoms with van der Waals surface area (Å²) in [5.74, 6) is 1.69. The first-order valence-electron chi connectivity index (χ1n) is 6.84. The van der Waals surface area contributed by atoms with Crippen molar-refractivity contribution in [3.8, 4) is 0 Å². The predicted octanol–water partition coefficient (Wildman–Crippen LogP) is 3.13. The van der Waals surface area contributed by atoms with Crippen molar-refractivity contribution in [1.29, 1.82) is 0 Å². The summed E-state index contributed by atoms with van der Waals surface area (Å²) in [7, 11) is 0. The second-order valence-corrected chi connectivity index (χ2v) is 7.83. The van der Waals surface area contributed by atoms with Crippen LogP contribution in [0.3, 0.4) is 0 Å². The maximum Gasteiger partial charge on any atom is 0.191 e. The fourth-order valence-electron chi connectivity index (χ4n) is 2.04. The van der Waals surface area contributed by atoms with Crippen LogP contribution in [0.15, 0.2) is 22.7 Å². The number of thioether (sulfide) groups is 1. The molecule has 2 heterocycles.